The summed E-state index contributed by atoms with van der Waals surface area (Å²) in [4.78, 5) is 21.7. The maximum Gasteiger partial charge on any atom is 0.407 e. The molecule has 0 aliphatic rings. The van der Waals surface area contributed by atoms with E-state index < -0.39 is 0 Å². The summed E-state index contributed by atoms with van der Waals surface area (Å²) < 4.78 is 5.15. The molecule has 0 aromatic heterocycles. The predicted octanol–water partition coefficient (Wildman–Crippen LogP) is 4.62. The Labute approximate surface area is 139 Å². The number of hydrogen-bond donors (Lipinski definition) is 1. The van der Waals surface area contributed by atoms with Gasteiger partial charge >= 0.3 is 6.09 Å². The van der Waals surface area contributed by atoms with Gasteiger partial charge in [-0.05, 0) is 18.4 Å². The largest absolute Gasteiger partial charge is 0.445 e. The Morgan fingerprint density at radius 2 is 1.52 bits per heavy atom. The van der Waals surface area contributed by atoms with Crippen molar-refractivity contribution in [3.63, 3.8) is 0 Å². The predicted molar refractivity (Wildman–Crippen MR) is 92.2 cm³/mol. The van der Waals surface area contributed by atoms with Crippen LogP contribution in [0.1, 0.15) is 63.4 Å². The van der Waals surface area contributed by atoms with Crippen LogP contribution < -0.4 is 5.32 Å². The van der Waals surface area contributed by atoms with E-state index in [9.17, 15) is 9.59 Å². The van der Waals surface area contributed by atoms with E-state index in [1.807, 2.05) is 30.3 Å². The van der Waals surface area contributed by atoms with Crippen LogP contribution >= 0.6 is 0 Å². The molecule has 0 heterocycles. The minimum atomic E-state index is -0.343. The van der Waals surface area contributed by atoms with Gasteiger partial charge in [-0.3, -0.25) is 0 Å². The minimum Gasteiger partial charge on any atom is -0.445 e. The minimum absolute atomic E-state index is 0.316. The summed E-state index contributed by atoms with van der Waals surface area (Å²) in [6, 6.07) is 9.67. The first-order valence-electron chi connectivity index (χ1n) is 8.71. The second-order valence-corrected chi connectivity index (χ2v) is 5.77. The van der Waals surface area contributed by atoms with Crippen molar-refractivity contribution in [1.29, 1.82) is 0 Å². The van der Waals surface area contributed by atoms with Crippen molar-refractivity contribution >= 4 is 12.4 Å². The van der Waals surface area contributed by atoms with E-state index in [2.05, 4.69) is 5.32 Å². The number of unbranched alkanes of at least 4 members (excludes halogenated alkanes) is 8. The Morgan fingerprint density at radius 1 is 0.913 bits per heavy atom. The molecule has 23 heavy (non-hydrogen) atoms. The van der Waals surface area contributed by atoms with Crippen LogP contribution in [-0.4, -0.2) is 18.9 Å². The van der Waals surface area contributed by atoms with Gasteiger partial charge in [-0.25, -0.2) is 4.79 Å². The highest BCUT2D eigenvalue weighted by Gasteiger charge is 2.01. The van der Waals surface area contributed by atoms with E-state index in [-0.39, 0.29) is 6.09 Å². The summed E-state index contributed by atoms with van der Waals surface area (Å²) in [7, 11) is 0. The van der Waals surface area contributed by atoms with Crippen LogP contribution in [0.3, 0.4) is 0 Å². The number of alkyl carbamates (subject to hydrolysis) is 1. The fourth-order valence-corrected chi connectivity index (χ4v) is 2.38. The second-order valence-electron chi connectivity index (χ2n) is 5.77. The highest BCUT2D eigenvalue weighted by atomic mass is 16.5. The number of carbonyl (C=O) groups is 2. The number of amides is 1. The summed E-state index contributed by atoms with van der Waals surface area (Å²) >= 11 is 0. The van der Waals surface area contributed by atoms with Gasteiger partial charge in [0.05, 0.1) is 0 Å². The molecule has 0 saturated carbocycles. The molecule has 0 bridgehead atoms. The lowest BCUT2D eigenvalue weighted by atomic mass is 10.1. The molecule has 1 amide bonds. The standard InChI is InChI=1S/C19H29NO3/c21-16-12-7-5-3-1-2-4-6-11-15-20-19(22)23-17-18-13-9-8-10-14-18/h8-10,13-14,16H,1-7,11-12,15,17H2,(H,20,22). The van der Waals surface area contributed by atoms with E-state index in [0.29, 0.717) is 19.6 Å². The molecule has 0 unspecified atom stereocenters. The Kier molecular flexibility index (Phi) is 11.5. The SMILES string of the molecule is O=CCCCCCCCCCCNC(=O)OCc1ccccc1. The number of hydrogen-bond acceptors (Lipinski definition) is 3. The number of nitrogens with one attached hydrogen (secondary N) is 1. The van der Waals surface area contributed by atoms with Crippen molar-refractivity contribution in [3.05, 3.63) is 35.9 Å². The van der Waals surface area contributed by atoms with Gasteiger partial charge in [0.25, 0.3) is 0 Å². The summed E-state index contributed by atoms with van der Waals surface area (Å²) in [6.45, 7) is 0.990. The van der Waals surface area contributed by atoms with E-state index in [0.717, 1.165) is 37.5 Å². The third-order valence-electron chi connectivity index (χ3n) is 3.73. The zero-order valence-corrected chi connectivity index (χ0v) is 14.0. The summed E-state index contributed by atoms with van der Waals surface area (Å²) in [5, 5.41) is 2.78. The zero-order valence-electron chi connectivity index (χ0n) is 14.0. The van der Waals surface area contributed by atoms with Crippen LogP contribution in [-0.2, 0) is 16.1 Å². The Hall–Kier alpha value is -1.84. The number of benzene rings is 1. The Morgan fingerprint density at radius 3 is 2.17 bits per heavy atom. The lowest BCUT2D eigenvalue weighted by molar-refractivity contribution is -0.107. The van der Waals surface area contributed by atoms with Gasteiger partial charge in [0.2, 0.25) is 0 Å². The number of aldehydes is 1. The maximum absolute atomic E-state index is 11.5. The van der Waals surface area contributed by atoms with Gasteiger partial charge in [-0.15, -0.1) is 0 Å². The summed E-state index contributed by atoms with van der Waals surface area (Å²) in [5.41, 5.74) is 0.996. The van der Waals surface area contributed by atoms with Gasteiger partial charge in [-0.2, -0.15) is 0 Å². The molecule has 128 valence electrons. The molecule has 0 aliphatic heterocycles. The number of carbonyl (C=O) groups excluding carboxylic acids is 2. The van der Waals surface area contributed by atoms with Crippen LogP contribution in [0.5, 0.6) is 0 Å². The first-order valence-corrected chi connectivity index (χ1v) is 8.71. The topological polar surface area (TPSA) is 55.4 Å². The van der Waals surface area contributed by atoms with Crippen molar-refractivity contribution in [2.24, 2.45) is 0 Å². The fourth-order valence-electron chi connectivity index (χ4n) is 2.38. The maximum atomic E-state index is 11.5. The monoisotopic (exact) mass is 319 g/mol. The van der Waals surface area contributed by atoms with Crippen LogP contribution in [0.4, 0.5) is 4.79 Å². The van der Waals surface area contributed by atoms with Crippen LogP contribution in [0.15, 0.2) is 30.3 Å². The summed E-state index contributed by atoms with van der Waals surface area (Å²) in [6.07, 6.45) is 10.6. The quantitative estimate of drug-likeness (QED) is 0.426. The molecule has 1 rings (SSSR count). The molecule has 0 spiro atoms. The second kappa shape index (κ2) is 13.8. The van der Waals surface area contributed by atoms with Crippen molar-refractivity contribution in [3.8, 4) is 0 Å². The molecule has 1 aromatic rings. The average molecular weight is 319 g/mol. The third kappa shape index (κ3) is 11.4. The Bertz CT molecular complexity index is 420. The molecule has 0 radical (unpaired) electrons. The first kappa shape index (κ1) is 19.2. The molecular weight excluding hydrogens is 290 g/mol. The molecule has 0 saturated heterocycles. The van der Waals surface area contributed by atoms with E-state index in [4.69, 9.17) is 4.74 Å². The van der Waals surface area contributed by atoms with Crippen LogP contribution in [0.2, 0.25) is 0 Å². The van der Waals surface area contributed by atoms with Gasteiger partial charge in [-0.1, -0.05) is 68.9 Å². The fraction of sp³-hybridized carbons (Fsp3) is 0.579. The lowest BCUT2D eigenvalue weighted by Crippen LogP contribution is -2.25. The number of rotatable bonds is 13. The van der Waals surface area contributed by atoms with Crippen molar-refractivity contribution < 1.29 is 14.3 Å². The molecule has 0 fully saturated rings. The van der Waals surface area contributed by atoms with Gasteiger partial charge in [0, 0.05) is 13.0 Å². The zero-order chi connectivity index (χ0) is 16.6. The molecule has 0 atom stereocenters. The van der Waals surface area contributed by atoms with Gasteiger partial charge < -0.3 is 14.8 Å². The molecular formula is C19H29NO3. The average Bonchev–Trinajstić information content (AvgIpc) is 2.59. The van der Waals surface area contributed by atoms with Gasteiger partial charge in [0.15, 0.2) is 0 Å². The molecule has 1 aromatic carbocycles. The van der Waals surface area contributed by atoms with E-state index >= 15 is 0 Å². The summed E-state index contributed by atoms with van der Waals surface area (Å²) in [5.74, 6) is 0. The van der Waals surface area contributed by atoms with Gasteiger partial charge in [0.1, 0.15) is 12.9 Å². The van der Waals surface area contributed by atoms with Crippen LogP contribution in [0.25, 0.3) is 0 Å². The first-order chi connectivity index (χ1) is 11.3. The molecule has 4 heteroatoms. The molecule has 0 aliphatic carbocycles. The van der Waals surface area contributed by atoms with Crippen LogP contribution in [0, 0.1) is 0 Å². The highest BCUT2D eigenvalue weighted by molar-refractivity contribution is 5.67. The van der Waals surface area contributed by atoms with Crippen molar-refractivity contribution in [2.75, 3.05) is 6.54 Å². The van der Waals surface area contributed by atoms with Crippen molar-refractivity contribution in [1.82, 2.24) is 5.32 Å². The van der Waals surface area contributed by atoms with E-state index in [1.54, 1.807) is 0 Å². The lowest BCUT2D eigenvalue weighted by Gasteiger charge is -2.07. The Balaban J connectivity index is 1.85. The normalized spacial score (nSPS) is 10.3. The third-order valence-corrected chi connectivity index (χ3v) is 3.73. The molecule has 1 N–H and O–H groups in total. The van der Waals surface area contributed by atoms with Crippen molar-refractivity contribution in [2.45, 2.75) is 64.4 Å². The smallest absolute Gasteiger partial charge is 0.407 e. The molecule has 4 nitrogen and oxygen atoms in total. The number of ether oxygens (including phenoxy) is 1. The highest BCUT2D eigenvalue weighted by Crippen LogP contribution is 2.09. The van der Waals surface area contributed by atoms with E-state index in [1.165, 1.54) is 25.7 Å².